The zero-order chi connectivity index (χ0) is 18.3. The van der Waals surface area contributed by atoms with Crippen LogP contribution in [-0.4, -0.2) is 16.7 Å². The molecule has 3 aromatic rings. The zero-order valence-corrected chi connectivity index (χ0v) is 15.0. The number of hydrogen-bond acceptors (Lipinski definition) is 2. The minimum Gasteiger partial charge on any atom is -0.308 e. The van der Waals surface area contributed by atoms with Crippen molar-refractivity contribution in [1.29, 1.82) is 0 Å². The summed E-state index contributed by atoms with van der Waals surface area (Å²) >= 11 is 0. The molecule has 1 aliphatic rings. The van der Waals surface area contributed by atoms with Gasteiger partial charge in [-0.15, -0.1) is 0 Å². The van der Waals surface area contributed by atoms with Crippen LogP contribution in [-0.2, 0) is 17.5 Å². The Morgan fingerprint density at radius 3 is 2.65 bits per heavy atom. The molecule has 132 valence electrons. The molecular formula is C20H17FN2O2S. The Kier molecular flexibility index (Phi) is 4.30. The lowest BCUT2D eigenvalue weighted by Gasteiger charge is -2.15. The number of rotatable bonds is 5. The Morgan fingerprint density at radius 2 is 1.88 bits per heavy atom. The third kappa shape index (κ3) is 2.62. The minimum absolute atomic E-state index is 0.0321. The normalized spacial score (nSPS) is 14.2. The summed E-state index contributed by atoms with van der Waals surface area (Å²) in [5, 5.41) is 1.61. The van der Waals surface area contributed by atoms with Gasteiger partial charge in [-0.2, -0.15) is 0 Å². The van der Waals surface area contributed by atoms with E-state index >= 15 is 0 Å². The van der Waals surface area contributed by atoms with Crippen molar-refractivity contribution in [2.24, 2.45) is 0 Å². The van der Waals surface area contributed by atoms with Gasteiger partial charge in [0.2, 0.25) is 0 Å². The summed E-state index contributed by atoms with van der Waals surface area (Å²) in [6.45, 7) is 2.66. The Hall–Kier alpha value is -2.57. The summed E-state index contributed by atoms with van der Waals surface area (Å²) in [5.74, 6) is -0.364. The molecule has 0 spiro atoms. The van der Waals surface area contributed by atoms with Gasteiger partial charge in [-0.05, 0) is 31.2 Å². The summed E-state index contributed by atoms with van der Waals surface area (Å²) < 4.78 is 29.4. The zero-order valence-electron chi connectivity index (χ0n) is 14.2. The summed E-state index contributed by atoms with van der Waals surface area (Å²) in [5.41, 5.74) is 1.93. The van der Waals surface area contributed by atoms with Crippen LogP contribution in [0.15, 0.2) is 59.5 Å². The molecule has 1 unspecified atom stereocenters. The van der Waals surface area contributed by atoms with Crippen molar-refractivity contribution in [3.05, 3.63) is 71.5 Å². The first-order valence-electron chi connectivity index (χ1n) is 8.38. The van der Waals surface area contributed by atoms with Gasteiger partial charge in [-0.25, -0.2) is 13.3 Å². The Morgan fingerprint density at radius 1 is 1.08 bits per heavy atom. The van der Waals surface area contributed by atoms with E-state index in [2.05, 4.69) is 4.72 Å². The first-order chi connectivity index (χ1) is 12.6. The van der Waals surface area contributed by atoms with E-state index < -0.39 is 11.0 Å². The van der Waals surface area contributed by atoms with Crippen molar-refractivity contribution in [2.45, 2.75) is 18.4 Å². The maximum atomic E-state index is 13.8. The first-order valence-corrected chi connectivity index (χ1v) is 9.53. The number of nitrogens with one attached hydrogen (secondary N) is 1. The highest BCUT2D eigenvalue weighted by Crippen LogP contribution is 2.39. The molecule has 0 radical (unpaired) electrons. The van der Waals surface area contributed by atoms with E-state index in [9.17, 15) is 13.4 Å². The van der Waals surface area contributed by atoms with Crippen LogP contribution in [0.3, 0.4) is 0 Å². The van der Waals surface area contributed by atoms with Crippen molar-refractivity contribution in [1.82, 2.24) is 4.72 Å². The Labute approximate surface area is 153 Å². The molecule has 1 N–H and O–H groups in total. The number of nitrogens with zero attached hydrogens (tertiary/aromatic N) is 1. The largest absolute Gasteiger partial charge is 0.308 e. The fourth-order valence-electron chi connectivity index (χ4n) is 3.36. The highest BCUT2D eigenvalue weighted by atomic mass is 32.2. The van der Waals surface area contributed by atoms with Crippen molar-refractivity contribution in [3.8, 4) is 0 Å². The van der Waals surface area contributed by atoms with E-state index in [4.69, 9.17) is 0 Å². The number of amides is 1. The van der Waals surface area contributed by atoms with E-state index in [1.807, 2.05) is 19.1 Å². The van der Waals surface area contributed by atoms with E-state index in [1.54, 1.807) is 41.3 Å². The molecule has 0 aliphatic carbocycles. The molecule has 6 heteroatoms. The van der Waals surface area contributed by atoms with Crippen molar-refractivity contribution < 1.29 is 13.4 Å². The highest BCUT2D eigenvalue weighted by Gasteiger charge is 2.29. The van der Waals surface area contributed by atoms with Gasteiger partial charge in [0.05, 0.1) is 10.6 Å². The van der Waals surface area contributed by atoms with Gasteiger partial charge in [-0.1, -0.05) is 30.3 Å². The smallest absolute Gasteiger partial charge is 0.258 e. The molecule has 0 saturated carbocycles. The summed E-state index contributed by atoms with van der Waals surface area (Å²) in [7, 11) is -1.53. The third-order valence-electron chi connectivity index (χ3n) is 4.61. The molecule has 3 aromatic carbocycles. The van der Waals surface area contributed by atoms with Crippen LogP contribution in [0.4, 0.5) is 10.1 Å². The van der Waals surface area contributed by atoms with Crippen LogP contribution in [0, 0.1) is 5.82 Å². The molecule has 1 atom stereocenters. The van der Waals surface area contributed by atoms with Crippen LogP contribution in [0.2, 0.25) is 0 Å². The molecular weight excluding hydrogens is 351 g/mol. The lowest BCUT2D eigenvalue weighted by molar-refractivity contribution is 0.0994. The SMILES string of the molecule is CCN1C(=O)c2cccc3c(S(=O)NCc4ccccc4F)ccc1c23. The van der Waals surface area contributed by atoms with E-state index in [1.165, 1.54) is 6.07 Å². The molecule has 0 saturated heterocycles. The van der Waals surface area contributed by atoms with Crippen LogP contribution >= 0.6 is 0 Å². The lowest BCUT2D eigenvalue weighted by Crippen LogP contribution is -2.25. The van der Waals surface area contributed by atoms with Crippen LogP contribution in [0.25, 0.3) is 10.8 Å². The van der Waals surface area contributed by atoms with E-state index in [0.717, 1.165) is 16.5 Å². The lowest BCUT2D eigenvalue weighted by atomic mass is 10.1. The second-order valence-corrected chi connectivity index (χ2v) is 7.31. The fraction of sp³-hybridized carbons (Fsp3) is 0.150. The number of benzene rings is 3. The average molecular weight is 368 g/mol. The fourth-order valence-corrected chi connectivity index (χ4v) is 4.36. The van der Waals surface area contributed by atoms with Gasteiger partial charge in [0.15, 0.2) is 0 Å². The number of anilines is 1. The minimum atomic E-state index is -1.53. The van der Waals surface area contributed by atoms with Gasteiger partial charge in [-0.3, -0.25) is 4.79 Å². The Bertz CT molecular complexity index is 1050. The monoisotopic (exact) mass is 368 g/mol. The van der Waals surface area contributed by atoms with Crippen molar-refractivity contribution in [2.75, 3.05) is 11.4 Å². The molecule has 1 amide bonds. The predicted molar refractivity (Wildman–Crippen MR) is 101 cm³/mol. The number of halogens is 1. The summed E-state index contributed by atoms with van der Waals surface area (Å²) in [6.07, 6.45) is 0. The van der Waals surface area contributed by atoms with Crippen LogP contribution in [0.5, 0.6) is 0 Å². The van der Waals surface area contributed by atoms with Gasteiger partial charge in [0.25, 0.3) is 5.91 Å². The van der Waals surface area contributed by atoms with Gasteiger partial charge in [0.1, 0.15) is 16.8 Å². The standard InChI is InChI=1S/C20H17FN2O2S/c1-2-23-17-10-11-18(14-7-5-8-15(19(14)17)20(23)24)26(25)22-12-13-6-3-4-9-16(13)21/h3-11,22H,2,12H2,1H3. The predicted octanol–water partition coefficient (Wildman–Crippen LogP) is 3.77. The van der Waals surface area contributed by atoms with Crippen LogP contribution < -0.4 is 9.62 Å². The maximum Gasteiger partial charge on any atom is 0.258 e. The molecule has 26 heavy (non-hydrogen) atoms. The molecule has 0 aromatic heterocycles. The Balaban J connectivity index is 1.70. The summed E-state index contributed by atoms with van der Waals surface area (Å²) in [6, 6.07) is 15.5. The molecule has 0 bridgehead atoms. The number of carbonyl (C=O) groups is 1. The van der Waals surface area contributed by atoms with E-state index in [0.29, 0.717) is 22.6 Å². The first kappa shape index (κ1) is 16.9. The van der Waals surface area contributed by atoms with Gasteiger partial charge < -0.3 is 4.90 Å². The average Bonchev–Trinajstić information content (AvgIpc) is 2.94. The van der Waals surface area contributed by atoms with Crippen LogP contribution in [0.1, 0.15) is 22.8 Å². The maximum absolute atomic E-state index is 13.8. The number of hydrogen-bond donors (Lipinski definition) is 1. The second kappa shape index (κ2) is 6.63. The summed E-state index contributed by atoms with van der Waals surface area (Å²) in [4.78, 5) is 14.8. The molecule has 0 fully saturated rings. The van der Waals surface area contributed by atoms with Crippen molar-refractivity contribution >= 4 is 33.4 Å². The quantitative estimate of drug-likeness (QED) is 0.745. The molecule has 1 aliphatic heterocycles. The highest BCUT2D eigenvalue weighted by molar-refractivity contribution is 7.83. The van der Waals surface area contributed by atoms with Gasteiger partial charge >= 0.3 is 0 Å². The number of carbonyl (C=O) groups excluding carboxylic acids is 1. The third-order valence-corrected chi connectivity index (χ3v) is 5.77. The molecule has 1 heterocycles. The topological polar surface area (TPSA) is 49.4 Å². The molecule has 4 nitrogen and oxygen atoms in total. The molecule has 4 rings (SSSR count). The van der Waals surface area contributed by atoms with Crippen molar-refractivity contribution in [3.63, 3.8) is 0 Å². The second-order valence-electron chi connectivity index (χ2n) is 6.04. The van der Waals surface area contributed by atoms with Gasteiger partial charge in [0, 0.05) is 35.0 Å². The van der Waals surface area contributed by atoms with E-state index in [-0.39, 0.29) is 18.3 Å².